The summed E-state index contributed by atoms with van der Waals surface area (Å²) >= 11 is 0. The van der Waals surface area contributed by atoms with Crippen molar-refractivity contribution in [2.75, 3.05) is 19.6 Å². The smallest absolute Gasteiger partial charge is 0.225 e. The lowest BCUT2D eigenvalue weighted by atomic mass is 10.00. The van der Waals surface area contributed by atoms with Crippen LogP contribution in [0, 0.1) is 11.8 Å². The largest absolute Gasteiger partial charge is 0.341 e. The minimum absolute atomic E-state index is 0.400. The summed E-state index contributed by atoms with van der Waals surface area (Å²) in [6.45, 7) is 3.10. The molecule has 3 fully saturated rings. The Bertz CT molecular complexity index is 225. The Hall–Kier alpha value is -0.570. The van der Waals surface area contributed by atoms with Gasteiger partial charge in [-0.25, -0.2) is 0 Å². The maximum Gasteiger partial charge on any atom is 0.225 e. The van der Waals surface area contributed by atoms with E-state index in [1.807, 2.05) is 0 Å². The lowest BCUT2D eigenvalue weighted by molar-refractivity contribution is -0.134. The van der Waals surface area contributed by atoms with Crippen LogP contribution >= 0.6 is 0 Å². The maximum absolute atomic E-state index is 11.8. The van der Waals surface area contributed by atoms with Gasteiger partial charge in [-0.05, 0) is 25.2 Å². The monoisotopic (exact) mass is 180 g/mol. The summed E-state index contributed by atoms with van der Waals surface area (Å²) in [7, 11) is 0. The third kappa shape index (κ3) is 1.35. The molecule has 1 saturated carbocycles. The third-order valence-electron chi connectivity index (χ3n) is 3.47. The number of amides is 1. The number of hydrogen-bond acceptors (Lipinski definition) is 2. The summed E-state index contributed by atoms with van der Waals surface area (Å²) in [5.41, 5.74) is 0. The van der Waals surface area contributed by atoms with Crippen LogP contribution in [-0.2, 0) is 4.79 Å². The first kappa shape index (κ1) is 7.80. The number of piperidine rings is 1. The molecule has 1 N–H and O–H groups in total. The highest BCUT2D eigenvalue weighted by molar-refractivity contribution is 5.81. The highest BCUT2D eigenvalue weighted by Crippen LogP contribution is 2.33. The predicted molar refractivity (Wildman–Crippen MR) is 49.2 cm³/mol. The zero-order valence-electron chi connectivity index (χ0n) is 7.83. The molecule has 72 valence electrons. The summed E-state index contributed by atoms with van der Waals surface area (Å²) in [5.74, 6) is 1.57. The highest BCUT2D eigenvalue weighted by Gasteiger charge is 2.39. The molecular weight excluding hydrogens is 164 g/mol. The van der Waals surface area contributed by atoms with Gasteiger partial charge in [-0.1, -0.05) is 0 Å². The lowest BCUT2D eigenvalue weighted by Gasteiger charge is -2.31. The van der Waals surface area contributed by atoms with E-state index in [2.05, 4.69) is 10.2 Å². The quantitative estimate of drug-likeness (QED) is 0.626. The summed E-state index contributed by atoms with van der Waals surface area (Å²) in [6.07, 6.45) is 3.56. The van der Waals surface area contributed by atoms with E-state index < -0.39 is 0 Å². The molecule has 3 aliphatic rings. The van der Waals surface area contributed by atoms with Crippen LogP contribution in [-0.4, -0.2) is 36.5 Å². The number of carbonyl (C=O) groups excluding carboxylic acids is 1. The van der Waals surface area contributed by atoms with Crippen LogP contribution in [0.15, 0.2) is 0 Å². The second-order valence-electron chi connectivity index (χ2n) is 4.72. The molecule has 2 aliphatic heterocycles. The molecule has 1 amide bonds. The number of likely N-dealkylation sites (tertiary alicyclic amines) is 1. The molecule has 13 heavy (non-hydrogen) atoms. The topological polar surface area (TPSA) is 32.3 Å². The van der Waals surface area contributed by atoms with Crippen molar-refractivity contribution in [1.29, 1.82) is 0 Å². The average molecular weight is 180 g/mol. The molecule has 0 spiro atoms. The number of nitrogens with zero attached hydrogens (tertiary/aromatic N) is 1. The molecule has 3 heteroatoms. The highest BCUT2D eigenvalue weighted by atomic mass is 16.2. The summed E-state index contributed by atoms with van der Waals surface area (Å²) in [6, 6.07) is 0.599. The second-order valence-corrected chi connectivity index (χ2v) is 4.72. The van der Waals surface area contributed by atoms with E-state index in [-0.39, 0.29) is 0 Å². The Kier molecular flexibility index (Phi) is 1.62. The molecule has 2 bridgehead atoms. The molecular formula is C10H16N2O. The Morgan fingerprint density at radius 3 is 2.85 bits per heavy atom. The molecule has 0 radical (unpaired) electrons. The van der Waals surface area contributed by atoms with E-state index in [1.165, 1.54) is 6.42 Å². The standard InChI is InChI=1S/C10H16N2O/c13-10(8-1-2-8)12-5-7-3-9(6-12)11-4-7/h7-9,11H,1-6H2/t7-,9-/m1/s1. The SMILES string of the molecule is O=C(C1CC1)N1C[C@H]2CN[C@H](C2)C1. The Morgan fingerprint density at radius 2 is 2.15 bits per heavy atom. The van der Waals surface area contributed by atoms with E-state index in [0.717, 1.165) is 38.4 Å². The number of rotatable bonds is 1. The van der Waals surface area contributed by atoms with Crippen LogP contribution < -0.4 is 5.32 Å². The van der Waals surface area contributed by atoms with Crippen LogP contribution in [0.2, 0.25) is 0 Å². The first-order chi connectivity index (χ1) is 6.33. The van der Waals surface area contributed by atoms with Crippen molar-refractivity contribution in [2.24, 2.45) is 11.8 Å². The number of nitrogens with one attached hydrogen (secondary N) is 1. The van der Waals surface area contributed by atoms with Gasteiger partial charge in [0.1, 0.15) is 0 Å². The van der Waals surface area contributed by atoms with Gasteiger partial charge < -0.3 is 10.2 Å². The van der Waals surface area contributed by atoms with Gasteiger partial charge in [0.15, 0.2) is 0 Å². The van der Waals surface area contributed by atoms with Gasteiger partial charge in [0.25, 0.3) is 0 Å². The van der Waals surface area contributed by atoms with Gasteiger partial charge in [-0.2, -0.15) is 0 Å². The van der Waals surface area contributed by atoms with E-state index >= 15 is 0 Å². The lowest BCUT2D eigenvalue weighted by Crippen LogP contribution is -2.45. The van der Waals surface area contributed by atoms with E-state index in [0.29, 0.717) is 17.9 Å². The van der Waals surface area contributed by atoms with Gasteiger partial charge in [0.2, 0.25) is 5.91 Å². The Morgan fingerprint density at radius 1 is 1.31 bits per heavy atom. The van der Waals surface area contributed by atoms with Crippen LogP contribution in [0.5, 0.6) is 0 Å². The fourth-order valence-electron chi connectivity index (χ4n) is 2.60. The molecule has 0 aromatic rings. The molecule has 3 nitrogen and oxygen atoms in total. The molecule has 2 heterocycles. The van der Waals surface area contributed by atoms with Crippen molar-refractivity contribution in [3.8, 4) is 0 Å². The number of fused-ring (bicyclic) bond motifs is 2. The molecule has 2 saturated heterocycles. The van der Waals surface area contributed by atoms with Crippen molar-refractivity contribution in [3.05, 3.63) is 0 Å². The van der Waals surface area contributed by atoms with Crippen molar-refractivity contribution < 1.29 is 4.79 Å². The van der Waals surface area contributed by atoms with Crippen LogP contribution in [0.25, 0.3) is 0 Å². The molecule has 0 aromatic carbocycles. The van der Waals surface area contributed by atoms with Crippen LogP contribution in [0.1, 0.15) is 19.3 Å². The molecule has 3 rings (SSSR count). The maximum atomic E-state index is 11.8. The summed E-state index contributed by atoms with van der Waals surface area (Å²) in [5, 5.41) is 3.47. The van der Waals surface area contributed by atoms with E-state index in [9.17, 15) is 4.79 Å². The van der Waals surface area contributed by atoms with E-state index in [4.69, 9.17) is 0 Å². The van der Waals surface area contributed by atoms with Gasteiger partial charge in [0.05, 0.1) is 0 Å². The molecule has 0 unspecified atom stereocenters. The first-order valence-electron chi connectivity index (χ1n) is 5.35. The Labute approximate surface area is 78.5 Å². The van der Waals surface area contributed by atoms with Gasteiger partial charge in [-0.15, -0.1) is 0 Å². The van der Waals surface area contributed by atoms with Crippen molar-refractivity contribution in [2.45, 2.75) is 25.3 Å². The first-order valence-corrected chi connectivity index (χ1v) is 5.35. The van der Waals surface area contributed by atoms with E-state index in [1.54, 1.807) is 0 Å². The van der Waals surface area contributed by atoms with Crippen LogP contribution in [0.4, 0.5) is 0 Å². The van der Waals surface area contributed by atoms with Crippen molar-refractivity contribution >= 4 is 5.91 Å². The fourth-order valence-corrected chi connectivity index (χ4v) is 2.60. The zero-order chi connectivity index (χ0) is 8.84. The molecule has 0 aromatic heterocycles. The number of carbonyl (C=O) groups is 1. The Balaban J connectivity index is 1.68. The predicted octanol–water partition coefficient (Wildman–Crippen LogP) is 0.217. The second kappa shape index (κ2) is 2.71. The van der Waals surface area contributed by atoms with Gasteiger partial charge in [-0.3, -0.25) is 4.79 Å². The average Bonchev–Trinajstić information content (AvgIpc) is 2.92. The minimum atomic E-state index is 0.400. The molecule has 2 atom stereocenters. The molecule has 1 aliphatic carbocycles. The summed E-state index contributed by atoms with van der Waals surface area (Å²) < 4.78 is 0. The number of hydrogen-bond donors (Lipinski definition) is 1. The van der Waals surface area contributed by atoms with Crippen molar-refractivity contribution in [3.63, 3.8) is 0 Å². The van der Waals surface area contributed by atoms with Crippen molar-refractivity contribution in [1.82, 2.24) is 10.2 Å². The third-order valence-corrected chi connectivity index (χ3v) is 3.47. The normalized spacial score (nSPS) is 38.0. The summed E-state index contributed by atoms with van der Waals surface area (Å²) in [4.78, 5) is 13.9. The minimum Gasteiger partial charge on any atom is -0.341 e. The van der Waals surface area contributed by atoms with Crippen LogP contribution in [0.3, 0.4) is 0 Å². The zero-order valence-corrected chi connectivity index (χ0v) is 7.83. The van der Waals surface area contributed by atoms with Gasteiger partial charge >= 0.3 is 0 Å². The van der Waals surface area contributed by atoms with Gasteiger partial charge in [0, 0.05) is 31.6 Å². The fraction of sp³-hybridized carbons (Fsp3) is 0.900.